The lowest BCUT2D eigenvalue weighted by atomic mass is 9.94. The first kappa shape index (κ1) is 13.4. The molecule has 1 N–H and O–H groups in total. The summed E-state index contributed by atoms with van der Waals surface area (Å²) in [5.74, 6) is 0. The normalized spacial score (nSPS) is 23.4. The highest BCUT2D eigenvalue weighted by Crippen LogP contribution is 2.28. The van der Waals surface area contributed by atoms with Gasteiger partial charge in [0.25, 0.3) is 0 Å². The van der Waals surface area contributed by atoms with Crippen LogP contribution in [0.5, 0.6) is 0 Å². The third-order valence-electron chi connectivity index (χ3n) is 3.57. The molecule has 18 heavy (non-hydrogen) atoms. The molecule has 0 aromatic heterocycles. The van der Waals surface area contributed by atoms with Gasteiger partial charge in [-0.15, -0.1) is 0 Å². The van der Waals surface area contributed by atoms with Gasteiger partial charge in [-0.3, -0.25) is 0 Å². The van der Waals surface area contributed by atoms with E-state index < -0.39 is 0 Å². The Balaban J connectivity index is 2.28. The molecule has 1 unspecified atom stereocenters. The molecule has 1 fully saturated rings. The Hall–Kier alpha value is -1.06. The standard InChI is InChI=1S/C15H25N3/c1-15(2)12-16-10-14(11-17(3)4)18(15)13-8-6-5-7-9-13/h5-9,14,16H,10-12H2,1-4H3. The van der Waals surface area contributed by atoms with Crippen molar-refractivity contribution in [2.24, 2.45) is 0 Å². The summed E-state index contributed by atoms with van der Waals surface area (Å²) in [5.41, 5.74) is 1.48. The van der Waals surface area contributed by atoms with Gasteiger partial charge >= 0.3 is 0 Å². The molecule has 0 aliphatic carbocycles. The quantitative estimate of drug-likeness (QED) is 0.879. The van der Waals surface area contributed by atoms with Gasteiger partial charge in [-0.25, -0.2) is 0 Å². The van der Waals surface area contributed by atoms with Crippen LogP contribution in [-0.2, 0) is 0 Å². The van der Waals surface area contributed by atoms with Crippen LogP contribution in [0.2, 0.25) is 0 Å². The fourth-order valence-corrected chi connectivity index (χ4v) is 2.93. The summed E-state index contributed by atoms with van der Waals surface area (Å²) in [6, 6.07) is 11.3. The van der Waals surface area contributed by atoms with Crippen molar-refractivity contribution in [3.05, 3.63) is 30.3 Å². The smallest absolute Gasteiger partial charge is 0.0547 e. The highest BCUT2D eigenvalue weighted by Gasteiger charge is 2.36. The molecule has 1 heterocycles. The molecule has 1 atom stereocenters. The number of nitrogens with one attached hydrogen (secondary N) is 1. The second kappa shape index (κ2) is 5.29. The Morgan fingerprint density at radius 2 is 1.94 bits per heavy atom. The van der Waals surface area contributed by atoms with Gasteiger partial charge in [0, 0.05) is 30.9 Å². The van der Waals surface area contributed by atoms with E-state index in [1.165, 1.54) is 5.69 Å². The van der Waals surface area contributed by atoms with Crippen molar-refractivity contribution in [1.82, 2.24) is 10.2 Å². The lowest BCUT2D eigenvalue weighted by Crippen LogP contribution is -2.65. The van der Waals surface area contributed by atoms with Gasteiger partial charge < -0.3 is 15.1 Å². The number of benzene rings is 1. The van der Waals surface area contributed by atoms with Crippen molar-refractivity contribution < 1.29 is 0 Å². The van der Waals surface area contributed by atoms with Crippen LogP contribution < -0.4 is 10.2 Å². The number of nitrogens with zero attached hydrogens (tertiary/aromatic N) is 2. The average Bonchev–Trinajstić information content (AvgIpc) is 2.28. The summed E-state index contributed by atoms with van der Waals surface area (Å²) >= 11 is 0. The maximum atomic E-state index is 3.56. The second-order valence-corrected chi connectivity index (χ2v) is 6.06. The van der Waals surface area contributed by atoms with Crippen LogP contribution in [0, 0.1) is 0 Å². The largest absolute Gasteiger partial charge is 0.360 e. The maximum absolute atomic E-state index is 3.56. The number of likely N-dealkylation sites (N-methyl/N-ethyl adjacent to an activating group) is 1. The summed E-state index contributed by atoms with van der Waals surface area (Å²) in [4.78, 5) is 4.84. The van der Waals surface area contributed by atoms with Crippen molar-refractivity contribution in [2.75, 3.05) is 38.6 Å². The highest BCUT2D eigenvalue weighted by molar-refractivity contribution is 5.50. The summed E-state index contributed by atoms with van der Waals surface area (Å²) in [7, 11) is 4.29. The first-order chi connectivity index (χ1) is 8.50. The van der Waals surface area contributed by atoms with E-state index in [4.69, 9.17) is 0 Å². The fourth-order valence-electron chi connectivity index (χ4n) is 2.93. The Morgan fingerprint density at radius 3 is 2.56 bits per heavy atom. The molecular formula is C15H25N3. The summed E-state index contributed by atoms with van der Waals surface area (Å²) in [6.07, 6.45) is 0. The molecule has 3 heteroatoms. The Kier molecular flexibility index (Phi) is 3.93. The van der Waals surface area contributed by atoms with Crippen molar-refractivity contribution in [1.29, 1.82) is 0 Å². The van der Waals surface area contributed by atoms with E-state index in [9.17, 15) is 0 Å². The fraction of sp³-hybridized carbons (Fsp3) is 0.600. The van der Waals surface area contributed by atoms with E-state index in [1.807, 2.05) is 0 Å². The zero-order valence-corrected chi connectivity index (χ0v) is 12.0. The van der Waals surface area contributed by atoms with Crippen molar-refractivity contribution in [3.63, 3.8) is 0 Å². The van der Waals surface area contributed by atoms with E-state index in [0.29, 0.717) is 6.04 Å². The monoisotopic (exact) mass is 247 g/mol. The topological polar surface area (TPSA) is 18.5 Å². The molecule has 1 aromatic carbocycles. The summed E-state index contributed by atoms with van der Waals surface area (Å²) in [5, 5.41) is 3.56. The van der Waals surface area contributed by atoms with Gasteiger partial charge in [0.1, 0.15) is 0 Å². The highest BCUT2D eigenvalue weighted by atomic mass is 15.3. The van der Waals surface area contributed by atoms with Crippen LogP contribution in [0.4, 0.5) is 5.69 Å². The Labute approximate surface area is 111 Å². The Morgan fingerprint density at radius 1 is 1.28 bits per heavy atom. The number of hydrogen-bond donors (Lipinski definition) is 1. The minimum atomic E-state index is 0.153. The summed E-state index contributed by atoms with van der Waals surface area (Å²) in [6.45, 7) is 7.79. The van der Waals surface area contributed by atoms with Crippen molar-refractivity contribution >= 4 is 5.69 Å². The molecule has 0 amide bonds. The number of hydrogen-bond acceptors (Lipinski definition) is 3. The predicted octanol–water partition coefficient (Wildman–Crippen LogP) is 1.80. The molecular weight excluding hydrogens is 222 g/mol. The molecule has 1 aliphatic heterocycles. The molecule has 0 spiro atoms. The van der Waals surface area contributed by atoms with Crippen LogP contribution in [0.25, 0.3) is 0 Å². The van der Waals surface area contributed by atoms with E-state index in [1.54, 1.807) is 0 Å². The molecule has 2 rings (SSSR count). The zero-order chi connectivity index (χ0) is 13.2. The van der Waals surface area contributed by atoms with Crippen LogP contribution in [0.15, 0.2) is 30.3 Å². The number of rotatable bonds is 3. The maximum Gasteiger partial charge on any atom is 0.0547 e. The Bertz CT molecular complexity index is 373. The van der Waals surface area contributed by atoms with Gasteiger partial charge in [0.05, 0.1) is 6.04 Å². The minimum Gasteiger partial charge on any atom is -0.360 e. The van der Waals surface area contributed by atoms with Crippen LogP contribution >= 0.6 is 0 Å². The van der Waals surface area contributed by atoms with Gasteiger partial charge in [-0.05, 0) is 40.1 Å². The third kappa shape index (κ3) is 2.85. The molecule has 1 saturated heterocycles. The number of para-hydroxylation sites is 1. The summed E-state index contributed by atoms with van der Waals surface area (Å²) < 4.78 is 0. The molecule has 3 nitrogen and oxygen atoms in total. The number of piperazine rings is 1. The molecule has 0 radical (unpaired) electrons. The van der Waals surface area contributed by atoms with E-state index >= 15 is 0 Å². The molecule has 0 saturated carbocycles. The number of anilines is 1. The van der Waals surface area contributed by atoms with Crippen LogP contribution in [0.1, 0.15) is 13.8 Å². The average molecular weight is 247 g/mol. The third-order valence-corrected chi connectivity index (χ3v) is 3.57. The van der Waals surface area contributed by atoms with Crippen LogP contribution in [0.3, 0.4) is 0 Å². The zero-order valence-electron chi connectivity index (χ0n) is 12.0. The molecule has 1 aromatic rings. The van der Waals surface area contributed by atoms with Gasteiger partial charge in [-0.1, -0.05) is 18.2 Å². The lowest BCUT2D eigenvalue weighted by Gasteiger charge is -2.50. The minimum absolute atomic E-state index is 0.153. The SMILES string of the molecule is CN(C)CC1CNCC(C)(C)N1c1ccccc1. The predicted molar refractivity (Wildman–Crippen MR) is 78.2 cm³/mol. The molecule has 100 valence electrons. The van der Waals surface area contributed by atoms with Gasteiger partial charge in [0.15, 0.2) is 0 Å². The molecule has 1 aliphatic rings. The van der Waals surface area contributed by atoms with Crippen molar-refractivity contribution in [3.8, 4) is 0 Å². The van der Waals surface area contributed by atoms with E-state index in [0.717, 1.165) is 19.6 Å². The first-order valence-corrected chi connectivity index (χ1v) is 6.70. The van der Waals surface area contributed by atoms with Crippen LogP contribution in [-0.4, -0.2) is 50.2 Å². The van der Waals surface area contributed by atoms with Crippen molar-refractivity contribution in [2.45, 2.75) is 25.4 Å². The second-order valence-electron chi connectivity index (χ2n) is 6.06. The molecule has 0 bridgehead atoms. The van der Waals surface area contributed by atoms with Gasteiger partial charge in [-0.2, -0.15) is 0 Å². The lowest BCUT2D eigenvalue weighted by molar-refractivity contribution is 0.271. The van der Waals surface area contributed by atoms with Gasteiger partial charge in [0.2, 0.25) is 0 Å². The van der Waals surface area contributed by atoms with E-state index in [-0.39, 0.29) is 5.54 Å². The van der Waals surface area contributed by atoms with E-state index in [2.05, 4.69) is 73.4 Å². The first-order valence-electron chi connectivity index (χ1n) is 6.70.